The Balaban J connectivity index is 2.13. The summed E-state index contributed by atoms with van der Waals surface area (Å²) >= 11 is 0. The van der Waals surface area contributed by atoms with E-state index in [0.29, 0.717) is 11.2 Å². The molecule has 5 heteroatoms. The van der Waals surface area contributed by atoms with Crippen LogP contribution in [0.2, 0.25) is 0 Å². The number of aromatic nitrogens is 3. The number of benzene rings is 2. The highest BCUT2D eigenvalue weighted by Crippen LogP contribution is 2.27. The van der Waals surface area contributed by atoms with Crippen LogP contribution in [0.4, 0.5) is 0 Å². The smallest absolute Gasteiger partial charge is 0.277 e. The summed E-state index contributed by atoms with van der Waals surface area (Å²) in [6.07, 6.45) is 1.74. The minimum absolute atomic E-state index is 0.0230. The highest BCUT2D eigenvalue weighted by atomic mass is 16.5. The van der Waals surface area contributed by atoms with E-state index in [0.717, 1.165) is 27.9 Å². The van der Waals surface area contributed by atoms with Crippen LogP contribution in [0.3, 0.4) is 0 Å². The predicted octanol–water partition coefficient (Wildman–Crippen LogP) is 4.21. The molecule has 0 fully saturated rings. The van der Waals surface area contributed by atoms with Gasteiger partial charge in [0, 0.05) is 11.6 Å². The maximum atomic E-state index is 13.4. The van der Waals surface area contributed by atoms with E-state index in [9.17, 15) is 4.79 Å². The molecule has 2 heterocycles. The van der Waals surface area contributed by atoms with Gasteiger partial charge in [0.05, 0.1) is 18.1 Å². The molecule has 132 valence electrons. The monoisotopic (exact) mass is 347 g/mol. The fourth-order valence-electron chi connectivity index (χ4n) is 3.56. The molecule has 0 aliphatic rings. The van der Waals surface area contributed by atoms with Crippen LogP contribution in [-0.2, 0) is 0 Å². The van der Waals surface area contributed by atoms with Crippen molar-refractivity contribution in [1.29, 1.82) is 0 Å². The van der Waals surface area contributed by atoms with Crippen molar-refractivity contribution >= 4 is 16.6 Å². The Kier molecular flexibility index (Phi) is 3.80. The lowest BCUT2D eigenvalue weighted by atomic mass is 10.1. The third kappa shape index (κ3) is 2.31. The third-order valence-electron chi connectivity index (χ3n) is 4.79. The van der Waals surface area contributed by atoms with Gasteiger partial charge < -0.3 is 9.30 Å². The van der Waals surface area contributed by atoms with Crippen LogP contribution >= 0.6 is 0 Å². The van der Waals surface area contributed by atoms with Gasteiger partial charge in [0.1, 0.15) is 23.3 Å². The topological polar surface area (TPSA) is 48.5 Å². The largest absolute Gasteiger partial charge is 0.497 e. The van der Waals surface area contributed by atoms with Crippen LogP contribution in [-0.4, -0.2) is 21.1 Å². The maximum absolute atomic E-state index is 13.4. The van der Waals surface area contributed by atoms with E-state index in [1.807, 2.05) is 72.2 Å². The summed E-state index contributed by atoms with van der Waals surface area (Å²) in [4.78, 5) is 18.0. The Morgan fingerprint density at radius 2 is 1.77 bits per heavy atom. The Bertz CT molecular complexity index is 1170. The summed E-state index contributed by atoms with van der Waals surface area (Å²) in [6.45, 7) is 6.11. The molecule has 2 aromatic heterocycles. The van der Waals surface area contributed by atoms with Gasteiger partial charge in [0.25, 0.3) is 5.56 Å². The summed E-state index contributed by atoms with van der Waals surface area (Å²) in [6, 6.07) is 13.8. The first-order chi connectivity index (χ1) is 12.5. The molecule has 0 aliphatic carbocycles. The Morgan fingerprint density at radius 1 is 1.04 bits per heavy atom. The summed E-state index contributed by atoms with van der Waals surface area (Å²) in [5, 5.41) is 0. The normalized spacial score (nSPS) is 11.6. The Hall–Kier alpha value is -3.08. The standard InChI is InChI=1S/C21H21N3O2/c1-13(2)24-19-14(3)6-5-7-17(19)23-12-22-18(20(23)21(24)25)15-8-10-16(26-4)11-9-15/h5-13H,1-4H3. The average molecular weight is 347 g/mol. The first kappa shape index (κ1) is 16.4. The zero-order valence-corrected chi connectivity index (χ0v) is 15.4. The number of para-hydroxylation sites is 1. The zero-order chi connectivity index (χ0) is 18.4. The van der Waals surface area contributed by atoms with Gasteiger partial charge in [-0.05, 0) is 56.7 Å². The van der Waals surface area contributed by atoms with Crippen molar-refractivity contribution in [2.45, 2.75) is 26.8 Å². The van der Waals surface area contributed by atoms with E-state index >= 15 is 0 Å². The molecule has 0 bridgehead atoms. The number of rotatable bonds is 3. The number of aryl methyl sites for hydroxylation is 1. The molecule has 0 N–H and O–H groups in total. The molecule has 0 radical (unpaired) electrons. The molecule has 0 saturated carbocycles. The highest BCUT2D eigenvalue weighted by molar-refractivity contribution is 5.86. The average Bonchev–Trinajstić information content (AvgIpc) is 3.08. The maximum Gasteiger partial charge on any atom is 0.277 e. The Labute approximate surface area is 151 Å². The second kappa shape index (κ2) is 6.02. The first-order valence-electron chi connectivity index (χ1n) is 8.68. The van der Waals surface area contributed by atoms with Crippen LogP contribution < -0.4 is 10.3 Å². The Morgan fingerprint density at radius 3 is 2.42 bits per heavy atom. The number of nitrogens with zero attached hydrogens (tertiary/aromatic N) is 3. The van der Waals surface area contributed by atoms with Crippen LogP contribution in [0, 0.1) is 6.92 Å². The number of fused-ring (bicyclic) bond motifs is 3. The van der Waals surface area contributed by atoms with E-state index in [1.165, 1.54) is 0 Å². The highest BCUT2D eigenvalue weighted by Gasteiger charge is 2.19. The van der Waals surface area contributed by atoms with Gasteiger partial charge in [0.15, 0.2) is 0 Å². The second-order valence-electron chi connectivity index (χ2n) is 6.75. The fraction of sp³-hybridized carbons (Fsp3) is 0.238. The molecule has 0 unspecified atom stereocenters. The number of hydrogen-bond acceptors (Lipinski definition) is 3. The van der Waals surface area contributed by atoms with Gasteiger partial charge >= 0.3 is 0 Å². The molecule has 0 saturated heterocycles. The predicted molar refractivity (Wildman–Crippen MR) is 104 cm³/mol. The van der Waals surface area contributed by atoms with E-state index in [1.54, 1.807) is 13.4 Å². The second-order valence-corrected chi connectivity index (χ2v) is 6.75. The van der Waals surface area contributed by atoms with Crippen molar-refractivity contribution in [3.05, 3.63) is 64.7 Å². The summed E-state index contributed by atoms with van der Waals surface area (Å²) < 4.78 is 9.00. The molecule has 0 aliphatic heterocycles. The van der Waals surface area contributed by atoms with Crippen molar-refractivity contribution in [3.63, 3.8) is 0 Å². The lowest BCUT2D eigenvalue weighted by Crippen LogP contribution is -2.25. The van der Waals surface area contributed by atoms with Crippen LogP contribution in [0.1, 0.15) is 25.5 Å². The molecule has 4 aromatic rings. The lowest BCUT2D eigenvalue weighted by Gasteiger charge is -2.17. The molecular formula is C21H21N3O2. The molecule has 26 heavy (non-hydrogen) atoms. The van der Waals surface area contributed by atoms with Crippen molar-refractivity contribution in [1.82, 2.24) is 14.0 Å². The molecule has 5 nitrogen and oxygen atoms in total. The van der Waals surface area contributed by atoms with Gasteiger partial charge in [-0.2, -0.15) is 0 Å². The minimum Gasteiger partial charge on any atom is -0.497 e. The molecular weight excluding hydrogens is 326 g/mol. The van der Waals surface area contributed by atoms with Gasteiger partial charge in [-0.15, -0.1) is 0 Å². The number of hydrogen-bond donors (Lipinski definition) is 0. The summed E-state index contributed by atoms with van der Waals surface area (Å²) in [7, 11) is 1.64. The van der Waals surface area contributed by atoms with Gasteiger partial charge in [-0.25, -0.2) is 4.98 Å². The van der Waals surface area contributed by atoms with E-state index in [4.69, 9.17) is 4.74 Å². The third-order valence-corrected chi connectivity index (χ3v) is 4.79. The van der Waals surface area contributed by atoms with E-state index < -0.39 is 0 Å². The van der Waals surface area contributed by atoms with Crippen LogP contribution in [0.25, 0.3) is 27.8 Å². The van der Waals surface area contributed by atoms with Crippen molar-refractivity contribution in [2.75, 3.05) is 7.11 Å². The van der Waals surface area contributed by atoms with Crippen molar-refractivity contribution in [3.8, 4) is 17.0 Å². The van der Waals surface area contributed by atoms with Crippen molar-refractivity contribution in [2.24, 2.45) is 0 Å². The van der Waals surface area contributed by atoms with E-state index in [-0.39, 0.29) is 11.6 Å². The lowest BCUT2D eigenvalue weighted by molar-refractivity contribution is 0.415. The SMILES string of the molecule is COc1ccc(-c2ncn3c2c(=O)n(C(C)C)c2c(C)cccc23)cc1. The quantitative estimate of drug-likeness (QED) is 0.558. The number of ether oxygens (including phenoxy) is 1. The van der Waals surface area contributed by atoms with Crippen LogP contribution in [0.15, 0.2) is 53.6 Å². The van der Waals surface area contributed by atoms with Gasteiger partial charge in [-0.1, -0.05) is 12.1 Å². The molecule has 0 amide bonds. The van der Waals surface area contributed by atoms with Crippen LogP contribution in [0.5, 0.6) is 5.75 Å². The molecule has 0 atom stereocenters. The minimum atomic E-state index is -0.0230. The van der Waals surface area contributed by atoms with E-state index in [2.05, 4.69) is 4.98 Å². The molecule has 0 spiro atoms. The molecule has 2 aromatic carbocycles. The van der Waals surface area contributed by atoms with Gasteiger partial charge in [0.2, 0.25) is 0 Å². The number of methoxy groups -OCH3 is 1. The summed E-state index contributed by atoms with van der Waals surface area (Å²) in [5.41, 5.74) is 5.18. The number of imidazole rings is 1. The summed E-state index contributed by atoms with van der Waals surface area (Å²) in [5.74, 6) is 0.776. The first-order valence-corrected chi connectivity index (χ1v) is 8.68. The van der Waals surface area contributed by atoms with Crippen molar-refractivity contribution < 1.29 is 4.74 Å². The molecule has 4 rings (SSSR count). The fourth-order valence-corrected chi connectivity index (χ4v) is 3.56. The zero-order valence-electron chi connectivity index (χ0n) is 15.4. The van der Waals surface area contributed by atoms with Gasteiger partial charge in [-0.3, -0.25) is 9.20 Å².